The molecule has 3 aromatic carbocycles. The Morgan fingerprint density at radius 3 is 2.22 bits per heavy atom. The highest BCUT2D eigenvalue weighted by molar-refractivity contribution is 6.30. The van der Waals surface area contributed by atoms with E-state index in [1.54, 1.807) is 12.1 Å². The van der Waals surface area contributed by atoms with Crippen molar-refractivity contribution in [2.24, 2.45) is 0 Å². The summed E-state index contributed by atoms with van der Waals surface area (Å²) in [6.07, 6.45) is 0. The summed E-state index contributed by atoms with van der Waals surface area (Å²) in [5, 5.41) is 0.0436. The van der Waals surface area contributed by atoms with Crippen LogP contribution in [0.15, 0.2) is 72.8 Å². The van der Waals surface area contributed by atoms with Gasteiger partial charge < -0.3 is 0 Å². The number of halogens is 2. The molecule has 0 radical (unpaired) electrons. The largest absolute Gasteiger partial charge is 0.275 e. The minimum atomic E-state index is -0.470. The Morgan fingerprint density at radius 2 is 1.48 bits per heavy atom. The second kappa shape index (κ2) is 6.14. The van der Waals surface area contributed by atoms with E-state index in [1.165, 1.54) is 6.07 Å². The maximum atomic E-state index is 13.7. The summed E-state index contributed by atoms with van der Waals surface area (Å²) >= 11 is 6.03. The van der Waals surface area contributed by atoms with Crippen molar-refractivity contribution in [3.05, 3.63) is 83.6 Å². The van der Waals surface area contributed by atoms with Crippen LogP contribution in [-0.2, 0) is 0 Å². The lowest BCUT2D eigenvalue weighted by molar-refractivity contribution is 0.628. The first-order chi connectivity index (χ1) is 13.2. The molecule has 0 aliphatic carbocycles. The van der Waals surface area contributed by atoms with Crippen molar-refractivity contribution in [3.63, 3.8) is 0 Å². The van der Waals surface area contributed by atoms with E-state index in [0.717, 1.165) is 16.6 Å². The molecule has 0 aliphatic heterocycles. The highest BCUT2D eigenvalue weighted by atomic mass is 35.5. The lowest BCUT2D eigenvalue weighted by Gasteiger charge is -2.09. The van der Waals surface area contributed by atoms with Gasteiger partial charge in [-0.25, -0.2) is 19.3 Å². The van der Waals surface area contributed by atoms with Crippen molar-refractivity contribution in [3.8, 4) is 17.1 Å². The lowest BCUT2D eigenvalue weighted by atomic mass is 10.2. The number of para-hydroxylation sites is 2. The minimum absolute atomic E-state index is 0.0436. The third-order valence-corrected chi connectivity index (χ3v) is 4.65. The van der Waals surface area contributed by atoms with Crippen molar-refractivity contribution < 1.29 is 4.39 Å². The molecule has 0 bridgehead atoms. The maximum absolute atomic E-state index is 13.7. The van der Waals surface area contributed by atoms with Crippen molar-refractivity contribution in [1.82, 2.24) is 19.5 Å². The molecule has 0 unspecified atom stereocenters. The van der Waals surface area contributed by atoms with Crippen LogP contribution in [0.25, 0.3) is 39.4 Å². The molecule has 0 amide bonds. The summed E-state index contributed by atoms with van der Waals surface area (Å²) in [6.45, 7) is 0. The summed E-state index contributed by atoms with van der Waals surface area (Å²) in [6, 6.07) is 21.9. The van der Waals surface area contributed by atoms with Crippen LogP contribution in [0.4, 0.5) is 4.39 Å². The number of benzene rings is 3. The van der Waals surface area contributed by atoms with Crippen LogP contribution in [0.5, 0.6) is 0 Å². The molecule has 130 valence electrons. The number of fused-ring (bicyclic) bond motifs is 2. The molecule has 4 nitrogen and oxygen atoms in total. The topological polar surface area (TPSA) is 43.6 Å². The SMILES string of the molecule is Fc1ccc(-n2c(-c3ccccc3)nc3nc4ccccc4nc32)cc1Cl. The fourth-order valence-electron chi connectivity index (χ4n) is 3.11. The molecule has 0 fully saturated rings. The Balaban J connectivity index is 1.89. The molecule has 0 spiro atoms. The number of rotatable bonds is 2. The number of aromatic nitrogens is 4. The predicted octanol–water partition coefficient (Wildman–Crippen LogP) is 5.43. The van der Waals surface area contributed by atoms with Crippen LogP contribution in [0.3, 0.4) is 0 Å². The Labute approximate surface area is 158 Å². The second-order valence-corrected chi connectivity index (χ2v) is 6.50. The average Bonchev–Trinajstić information content (AvgIpc) is 3.07. The lowest BCUT2D eigenvalue weighted by Crippen LogP contribution is -1.99. The molecule has 0 aliphatic rings. The molecule has 0 saturated carbocycles. The number of hydrogen-bond acceptors (Lipinski definition) is 3. The minimum Gasteiger partial charge on any atom is -0.275 e. The van der Waals surface area contributed by atoms with E-state index in [1.807, 2.05) is 59.2 Å². The van der Waals surface area contributed by atoms with Crippen LogP contribution in [0.2, 0.25) is 5.02 Å². The molecule has 2 aromatic heterocycles. The number of imidazole rings is 1. The quantitative estimate of drug-likeness (QED) is 0.414. The van der Waals surface area contributed by atoms with Gasteiger partial charge in [0, 0.05) is 5.56 Å². The van der Waals surface area contributed by atoms with Crippen LogP contribution < -0.4 is 0 Å². The highest BCUT2D eigenvalue weighted by Gasteiger charge is 2.18. The van der Waals surface area contributed by atoms with E-state index in [0.29, 0.717) is 22.8 Å². The summed E-state index contributed by atoms with van der Waals surface area (Å²) in [5.74, 6) is 0.200. The molecule has 0 saturated heterocycles. The zero-order valence-electron chi connectivity index (χ0n) is 14.0. The summed E-state index contributed by atoms with van der Waals surface area (Å²) in [4.78, 5) is 14.1. The Hall–Kier alpha value is -3.31. The van der Waals surface area contributed by atoms with Crippen molar-refractivity contribution in [2.45, 2.75) is 0 Å². The molecule has 6 heteroatoms. The van der Waals surface area contributed by atoms with E-state index in [-0.39, 0.29) is 5.02 Å². The molecular weight excluding hydrogens is 363 g/mol. The van der Waals surface area contributed by atoms with Gasteiger partial charge in [0.15, 0.2) is 11.3 Å². The maximum Gasteiger partial charge on any atom is 0.199 e. The predicted molar refractivity (Wildman–Crippen MR) is 105 cm³/mol. The molecular formula is C21H12ClFN4. The highest BCUT2D eigenvalue weighted by Crippen LogP contribution is 2.29. The Kier molecular flexibility index (Phi) is 3.62. The first kappa shape index (κ1) is 15.9. The zero-order chi connectivity index (χ0) is 18.4. The van der Waals surface area contributed by atoms with Crippen molar-refractivity contribution in [1.29, 1.82) is 0 Å². The van der Waals surface area contributed by atoms with Gasteiger partial charge in [0.1, 0.15) is 11.6 Å². The van der Waals surface area contributed by atoms with Gasteiger partial charge in [0.05, 0.1) is 21.7 Å². The average molecular weight is 375 g/mol. The van der Waals surface area contributed by atoms with Gasteiger partial charge in [0.2, 0.25) is 0 Å². The first-order valence-electron chi connectivity index (χ1n) is 8.37. The van der Waals surface area contributed by atoms with Gasteiger partial charge in [-0.3, -0.25) is 4.57 Å². The van der Waals surface area contributed by atoms with Gasteiger partial charge in [-0.05, 0) is 30.3 Å². The summed E-state index contributed by atoms with van der Waals surface area (Å²) < 4.78 is 15.6. The molecule has 2 heterocycles. The second-order valence-electron chi connectivity index (χ2n) is 6.09. The van der Waals surface area contributed by atoms with Gasteiger partial charge >= 0.3 is 0 Å². The summed E-state index contributed by atoms with van der Waals surface area (Å²) in [5.41, 5.74) is 4.22. The molecule has 5 aromatic rings. The van der Waals surface area contributed by atoms with Crippen LogP contribution in [-0.4, -0.2) is 19.5 Å². The number of nitrogens with zero attached hydrogens (tertiary/aromatic N) is 4. The van der Waals surface area contributed by atoms with Crippen molar-refractivity contribution in [2.75, 3.05) is 0 Å². The van der Waals surface area contributed by atoms with E-state index in [2.05, 4.69) is 4.98 Å². The van der Waals surface area contributed by atoms with Crippen LogP contribution in [0, 0.1) is 5.82 Å². The standard InChI is InChI=1S/C21H12ClFN4/c22-15-12-14(10-11-16(15)23)27-20(13-6-2-1-3-7-13)26-19-21(27)25-18-9-5-4-8-17(18)24-19/h1-12H. The van der Waals surface area contributed by atoms with Crippen LogP contribution in [0.1, 0.15) is 0 Å². The Bertz CT molecular complexity index is 1300. The third kappa shape index (κ3) is 2.64. The van der Waals surface area contributed by atoms with E-state index in [4.69, 9.17) is 21.6 Å². The van der Waals surface area contributed by atoms with Crippen molar-refractivity contribution >= 4 is 33.9 Å². The van der Waals surface area contributed by atoms with E-state index >= 15 is 0 Å². The molecule has 27 heavy (non-hydrogen) atoms. The van der Waals surface area contributed by atoms with E-state index in [9.17, 15) is 4.39 Å². The van der Waals surface area contributed by atoms with Crippen LogP contribution >= 0.6 is 11.6 Å². The Morgan fingerprint density at radius 1 is 0.778 bits per heavy atom. The smallest absolute Gasteiger partial charge is 0.199 e. The fraction of sp³-hybridized carbons (Fsp3) is 0. The molecule has 0 N–H and O–H groups in total. The zero-order valence-corrected chi connectivity index (χ0v) is 14.7. The van der Waals surface area contributed by atoms with Gasteiger partial charge in [-0.2, -0.15) is 0 Å². The molecule has 0 atom stereocenters. The third-order valence-electron chi connectivity index (χ3n) is 4.36. The molecule has 5 rings (SSSR count). The monoisotopic (exact) mass is 374 g/mol. The fourth-order valence-corrected chi connectivity index (χ4v) is 3.28. The van der Waals surface area contributed by atoms with Gasteiger partial charge in [0.25, 0.3) is 0 Å². The summed E-state index contributed by atoms with van der Waals surface area (Å²) in [7, 11) is 0. The van der Waals surface area contributed by atoms with Gasteiger partial charge in [-0.1, -0.05) is 54.1 Å². The number of hydrogen-bond donors (Lipinski definition) is 0. The first-order valence-corrected chi connectivity index (χ1v) is 8.74. The normalized spacial score (nSPS) is 11.3. The van der Waals surface area contributed by atoms with Gasteiger partial charge in [-0.15, -0.1) is 0 Å². The van der Waals surface area contributed by atoms with E-state index < -0.39 is 5.82 Å².